The molecule has 3 rings (SSSR count). The fourth-order valence-corrected chi connectivity index (χ4v) is 12.5. The van der Waals surface area contributed by atoms with Gasteiger partial charge < -0.3 is 4.12 Å². The van der Waals surface area contributed by atoms with Crippen molar-refractivity contribution in [1.29, 1.82) is 0 Å². The Balaban J connectivity index is 1.77. The van der Waals surface area contributed by atoms with E-state index in [-0.39, 0.29) is 0 Å². The summed E-state index contributed by atoms with van der Waals surface area (Å²) in [5, 5.41) is 0. The minimum absolute atomic E-state index is 0.633. The molecule has 0 aromatic carbocycles. The summed E-state index contributed by atoms with van der Waals surface area (Å²) in [7, 11) is -4.05. The normalized spacial score (nSPS) is 25.0. The molecule has 158 valence electrons. The van der Waals surface area contributed by atoms with E-state index < -0.39 is 17.1 Å². The molecule has 0 radical (unpaired) electrons. The zero-order valence-corrected chi connectivity index (χ0v) is 20.2. The highest BCUT2D eigenvalue weighted by atomic mass is 28.4. The van der Waals surface area contributed by atoms with Crippen LogP contribution in [0.5, 0.6) is 0 Å². The maximum Gasteiger partial charge on any atom is 0.430 e. The number of rotatable bonds is 8. The van der Waals surface area contributed by atoms with Gasteiger partial charge in [-0.25, -0.2) is 0 Å². The van der Waals surface area contributed by atoms with E-state index in [1.54, 1.807) is 0 Å². The second-order valence-corrected chi connectivity index (χ2v) is 17.6. The molecule has 0 spiro atoms. The summed E-state index contributed by atoms with van der Waals surface area (Å²) < 4.78 is 7.08. The Labute approximate surface area is 170 Å². The number of nitrogens with one attached hydrogen (secondary N) is 3. The van der Waals surface area contributed by atoms with Gasteiger partial charge in [0, 0.05) is 18.1 Å². The van der Waals surface area contributed by atoms with Crippen LogP contribution >= 0.6 is 0 Å². The van der Waals surface area contributed by atoms with Crippen LogP contribution in [0.25, 0.3) is 0 Å². The van der Waals surface area contributed by atoms with Gasteiger partial charge in [-0.3, -0.25) is 14.9 Å². The van der Waals surface area contributed by atoms with Gasteiger partial charge in [-0.15, -0.1) is 0 Å². The summed E-state index contributed by atoms with van der Waals surface area (Å²) in [5.41, 5.74) is 0. The number of hydrogen-bond donors (Lipinski definition) is 3. The molecule has 0 amide bonds. The fourth-order valence-electron chi connectivity index (χ4n) is 5.28. The Bertz CT molecular complexity index is 375. The summed E-state index contributed by atoms with van der Waals surface area (Å²) in [5.74, 6) is 0. The Morgan fingerprint density at radius 2 is 0.815 bits per heavy atom. The largest absolute Gasteiger partial charge is 0.430 e. The monoisotopic (exact) mass is 411 g/mol. The average Bonchev–Trinajstić information content (AvgIpc) is 2.62. The molecule has 0 saturated heterocycles. The van der Waals surface area contributed by atoms with Crippen molar-refractivity contribution in [2.24, 2.45) is 0 Å². The van der Waals surface area contributed by atoms with Crippen molar-refractivity contribution in [3.63, 3.8) is 0 Å². The van der Waals surface area contributed by atoms with Crippen molar-refractivity contribution in [2.75, 3.05) is 0 Å². The van der Waals surface area contributed by atoms with Crippen LogP contribution in [0.3, 0.4) is 0 Å². The van der Waals surface area contributed by atoms with E-state index in [1.807, 2.05) is 0 Å². The third-order valence-corrected chi connectivity index (χ3v) is 12.6. The Morgan fingerprint density at radius 3 is 1.07 bits per heavy atom. The fraction of sp³-hybridized carbons (Fsp3) is 1.00. The van der Waals surface area contributed by atoms with Crippen LogP contribution in [-0.2, 0) is 4.12 Å². The van der Waals surface area contributed by atoms with E-state index in [0.29, 0.717) is 18.1 Å². The van der Waals surface area contributed by atoms with Gasteiger partial charge in [-0.2, -0.15) is 0 Å². The van der Waals surface area contributed by atoms with Gasteiger partial charge in [0.25, 0.3) is 0 Å². The average molecular weight is 412 g/mol. The van der Waals surface area contributed by atoms with Crippen molar-refractivity contribution in [1.82, 2.24) is 14.9 Å². The first-order valence-corrected chi connectivity index (χ1v) is 17.3. The topological polar surface area (TPSA) is 45.3 Å². The van der Waals surface area contributed by atoms with E-state index in [4.69, 9.17) is 4.12 Å². The van der Waals surface area contributed by atoms with Gasteiger partial charge in [0.05, 0.1) is 0 Å². The first-order valence-electron chi connectivity index (χ1n) is 12.0. The van der Waals surface area contributed by atoms with E-state index in [1.165, 1.54) is 96.3 Å². The van der Waals surface area contributed by atoms with Gasteiger partial charge in [0.1, 0.15) is 0 Å². The van der Waals surface area contributed by atoms with Crippen LogP contribution in [0.4, 0.5) is 0 Å². The second kappa shape index (κ2) is 10.3. The lowest BCUT2D eigenvalue weighted by atomic mass is 9.96. The predicted octanol–water partition coefficient (Wildman–Crippen LogP) is 5.04. The molecule has 3 N–H and O–H groups in total. The minimum Gasteiger partial charge on any atom is -0.422 e. The molecule has 3 saturated carbocycles. The smallest absolute Gasteiger partial charge is 0.422 e. The van der Waals surface area contributed by atoms with Crippen LogP contribution in [0.1, 0.15) is 96.3 Å². The van der Waals surface area contributed by atoms with Crippen LogP contribution in [0, 0.1) is 0 Å². The molecule has 3 aliphatic rings. The maximum absolute atomic E-state index is 7.08. The Hall–Kier alpha value is 0.274. The maximum atomic E-state index is 7.08. The standard InChI is InChI=1S/C21H45N3OSi2/c1-26(2,3)25-27(22-19-13-7-4-8-14-19,23-20-15-9-5-10-16-20)24-21-17-11-6-12-18-21/h19-24H,4-18H2,1-3H3. The number of hydrogen-bond acceptors (Lipinski definition) is 4. The van der Waals surface area contributed by atoms with Gasteiger partial charge in [-0.1, -0.05) is 57.8 Å². The summed E-state index contributed by atoms with van der Waals surface area (Å²) in [6.07, 6.45) is 20.4. The van der Waals surface area contributed by atoms with Crippen LogP contribution in [0.2, 0.25) is 19.6 Å². The van der Waals surface area contributed by atoms with Gasteiger partial charge >= 0.3 is 8.80 Å². The molecule has 3 fully saturated rings. The lowest BCUT2D eigenvalue weighted by Crippen LogP contribution is -2.81. The summed E-state index contributed by atoms with van der Waals surface area (Å²) in [6, 6.07) is 1.90. The van der Waals surface area contributed by atoms with E-state index in [9.17, 15) is 0 Å². The summed E-state index contributed by atoms with van der Waals surface area (Å²) in [4.78, 5) is 12.4. The van der Waals surface area contributed by atoms with Gasteiger partial charge in [0.2, 0.25) is 0 Å². The molecule has 0 unspecified atom stereocenters. The SMILES string of the molecule is C[Si](C)(C)O[Si](NC1CCCCC1)(NC1CCCCC1)NC1CCCCC1. The van der Waals surface area contributed by atoms with Crippen LogP contribution < -0.4 is 14.9 Å². The minimum atomic E-state index is -2.38. The lowest BCUT2D eigenvalue weighted by molar-refractivity contribution is 0.318. The molecule has 0 bridgehead atoms. The predicted molar refractivity (Wildman–Crippen MR) is 120 cm³/mol. The summed E-state index contributed by atoms with van der Waals surface area (Å²) in [6.45, 7) is 7.09. The summed E-state index contributed by atoms with van der Waals surface area (Å²) >= 11 is 0. The van der Waals surface area contributed by atoms with Crippen LogP contribution in [-0.4, -0.2) is 35.2 Å². The van der Waals surface area contributed by atoms with Gasteiger partial charge in [-0.05, 0) is 58.2 Å². The highest BCUT2D eigenvalue weighted by molar-refractivity contribution is 6.82. The molecular formula is C21H45N3OSi2. The van der Waals surface area contributed by atoms with Crippen molar-refractivity contribution in [3.8, 4) is 0 Å². The zero-order chi connectivity index (χ0) is 19.2. The molecule has 3 aliphatic carbocycles. The molecule has 27 heavy (non-hydrogen) atoms. The van der Waals surface area contributed by atoms with Gasteiger partial charge in [0.15, 0.2) is 8.32 Å². The van der Waals surface area contributed by atoms with E-state index in [0.717, 1.165) is 0 Å². The zero-order valence-electron chi connectivity index (χ0n) is 18.2. The molecule has 0 atom stereocenters. The van der Waals surface area contributed by atoms with E-state index >= 15 is 0 Å². The highest BCUT2D eigenvalue weighted by Crippen LogP contribution is 2.25. The molecule has 0 aliphatic heterocycles. The quantitative estimate of drug-likeness (QED) is 0.490. The lowest BCUT2D eigenvalue weighted by Gasteiger charge is -2.45. The molecule has 0 heterocycles. The Kier molecular flexibility index (Phi) is 8.42. The molecule has 6 heteroatoms. The molecule has 0 aromatic rings. The second-order valence-electron chi connectivity index (χ2n) is 10.3. The first kappa shape index (κ1) is 22.0. The molecule has 0 aromatic heterocycles. The highest BCUT2D eigenvalue weighted by Gasteiger charge is 2.46. The van der Waals surface area contributed by atoms with Crippen molar-refractivity contribution in [3.05, 3.63) is 0 Å². The third kappa shape index (κ3) is 7.55. The molecule has 4 nitrogen and oxygen atoms in total. The third-order valence-electron chi connectivity index (χ3n) is 6.50. The van der Waals surface area contributed by atoms with Crippen molar-refractivity contribution < 1.29 is 4.12 Å². The Morgan fingerprint density at radius 1 is 0.519 bits per heavy atom. The van der Waals surface area contributed by atoms with E-state index in [2.05, 4.69) is 34.6 Å². The van der Waals surface area contributed by atoms with Crippen molar-refractivity contribution >= 4 is 17.1 Å². The molecular weight excluding hydrogens is 366 g/mol. The van der Waals surface area contributed by atoms with Crippen LogP contribution in [0.15, 0.2) is 0 Å². The van der Waals surface area contributed by atoms with Crippen molar-refractivity contribution in [2.45, 2.75) is 134 Å². The first-order chi connectivity index (χ1) is 12.9.